The molecular formula is C4H10O3. The van der Waals surface area contributed by atoms with E-state index < -0.39 is 0 Å². The number of rotatable bonds is 1. The molecule has 3 nitrogen and oxygen atoms in total. The van der Waals surface area contributed by atoms with Crippen molar-refractivity contribution >= 4 is 6.29 Å². The van der Waals surface area contributed by atoms with Crippen molar-refractivity contribution in [2.75, 3.05) is 13.2 Å². The highest BCUT2D eigenvalue weighted by Crippen LogP contribution is 1.39. The van der Waals surface area contributed by atoms with Gasteiger partial charge in [0, 0.05) is 0 Å². The zero-order valence-corrected chi connectivity index (χ0v) is 4.29. The van der Waals surface area contributed by atoms with Crippen molar-refractivity contribution in [1.29, 1.82) is 0 Å². The van der Waals surface area contributed by atoms with E-state index in [1.165, 1.54) is 6.92 Å². The summed E-state index contributed by atoms with van der Waals surface area (Å²) in [5, 5.41) is 15.2. The fourth-order valence-corrected chi connectivity index (χ4v) is 0. The summed E-state index contributed by atoms with van der Waals surface area (Å²) in [4.78, 5) is 8.81. The van der Waals surface area contributed by atoms with Gasteiger partial charge in [-0.05, 0) is 6.92 Å². The molecule has 0 aromatic rings. The fraction of sp³-hybridized carbons (Fsp3) is 0.750. The molecule has 3 heteroatoms. The van der Waals surface area contributed by atoms with E-state index in [1.807, 2.05) is 0 Å². The average Bonchev–Trinajstić information content (AvgIpc) is 1.69. The first kappa shape index (κ1) is 9.77. The third-order valence-corrected chi connectivity index (χ3v) is 0.1000. The fourth-order valence-electron chi connectivity index (χ4n) is 0. The Hall–Kier alpha value is -0.410. The second kappa shape index (κ2) is 17.6. The van der Waals surface area contributed by atoms with Crippen LogP contribution in [0.25, 0.3) is 0 Å². The first-order chi connectivity index (χ1) is 3.33. The largest absolute Gasteiger partial charge is 0.394 e. The van der Waals surface area contributed by atoms with Crippen molar-refractivity contribution in [2.24, 2.45) is 0 Å². The van der Waals surface area contributed by atoms with Crippen LogP contribution >= 0.6 is 0 Å². The maximum Gasteiger partial charge on any atom is 0.116 e. The Bertz CT molecular complexity index is 26.1. The molecule has 0 aromatic heterocycles. The zero-order chi connectivity index (χ0) is 6.12. The third-order valence-electron chi connectivity index (χ3n) is 0.1000. The lowest BCUT2D eigenvalue weighted by Crippen LogP contribution is -1.85. The highest BCUT2D eigenvalue weighted by Gasteiger charge is 1.58. The van der Waals surface area contributed by atoms with Crippen molar-refractivity contribution in [3.8, 4) is 0 Å². The maximum atomic E-state index is 8.81. The Labute approximate surface area is 42.6 Å². The van der Waals surface area contributed by atoms with E-state index in [0.29, 0.717) is 0 Å². The van der Waals surface area contributed by atoms with E-state index >= 15 is 0 Å². The minimum atomic E-state index is -0.125. The molecule has 0 bridgehead atoms. The summed E-state index contributed by atoms with van der Waals surface area (Å²) in [7, 11) is 0. The zero-order valence-electron chi connectivity index (χ0n) is 4.29. The Morgan fingerprint density at radius 3 is 1.57 bits per heavy atom. The highest BCUT2D eigenvalue weighted by molar-refractivity contribution is 5.44. The summed E-state index contributed by atoms with van der Waals surface area (Å²) in [5.74, 6) is 0. The van der Waals surface area contributed by atoms with Gasteiger partial charge in [-0.25, -0.2) is 0 Å². The van der Waals surface area contributed by atoms with Gasteiger partial charge >= 0.3 is 0 Å². The minimum absolute atomic E-state index is 0.125. The van der Waals surface area contributed by atoms with E-state index in [1.54, 1.807) is 0 Å². The number of aldehydes is 1. The van der Waals surface area contributed by atoms with E-state index in [0.717, 1.165) is 6.29 Å². The molecule has 7 heavy (non-hydrogen) atoms. The van der Waals surface area contributed by atoms with Crippen LogP contribution in [0.5, 0.6) is 0 Å². The molecule has 0 amide bonds. The van der Waals surface area contributed by atoms with E-state index in [-0.39, 0.29) is 13.2 Å². The van der Waals surface area contributed by atoms with Gasteiger partial charge in [0.05, 0.1) is 13.2 Å². The molecule has 0 aliphatic heterocycles. The molecule has 0 radical (unpaired) electrons. The summed E-state index contributed by atoms with van der Waals surface area (Å²) in [6.45, 7) is 1.19. The number of carbonyl (C=O) groups is 1. The van der Waals surface area contributed by atoms with Gasteiger partial charge in [-0.3, -0.25) is 0 Å². The van der Waals surface area contributed by atoms with Gasteiger partial charge in [0.1, 0.15) is 6.29 Å². The normalized spacial score (nSPS) is 6.14. The number of hydrogen-bond donors (Lipinski definition) is 2. The van der Waals surface area contributed by atoms with Crippen LogP contribution in [0.1, 0.15) is 6.92 Å². The number of aliphatic hydroxyl groups is 2. The lowest BCUT2D eigenvalue weighted by Gasteiger charge is -1.70. The second-order valence-electron chi connectivity index (χ2n) is 0.683. The third kappa shape index (κ3) is 207. The van der Waals surface area contributed by atoms with Crippen LogP contribution < -0.4 is 0 Å². The van der Waals surface area contributed by atoms with Gasteiger partial charge in [0.15, 0.2) is 0 Å². The molecule has 0 aliphatic rings. The van der Waals surface area contributed by atoms with Gasteiger partial charge < -0.3 is 15.0 Å². The summed E-state index contributed by atoms with van der Waals surface area (Å²) in [5.41, 5.74) is 0. The Balaban J connectivity index is 0. The smallest absolute Gasteiger partial charge is 0.116 e. The predicted molar refractivity (Wildman–Crippen MR) is 25.9 cm³/mol. The lowest BCUT2D eigenvalue weighted by atomic mass is 10.8. The van der Waals surface area contributed by atoms with Crippen LogP contribution in [-0.2, 0) is 4.79 Å². The van der Waals surface area contributed by atoms with Crippen LogP contribution in [0.4, 0.5) is 0 Å². The summed E-state index contributed by atoms with van der Waals surface area (Å²) >= 11 is 0. The molecule has 0 unspecified atom stereocenters. The first-order valence-electron chi connectivity index (χ1n) is 1.95. The van der Waals surface area contributed by atoms with Crippen molar-refractivity contribution < 1.29 is 15.0 Å². The number of hydrogen-bond acceptors (Lipinski definition) is 3. The van der Waals surface area contributed by atoms with Crippen molar-refractivity contribution in [3.05, 3.63) is 0 Å². The molecule has 0 fully saturated rings. The highest BCUT2D eigenvalue weighted by atomic mass is 16.3. The Morgan fingerprint density at radius 2 is 1.57 bits per heavy atom. The average molecular weight is 106 g/mol. The molecule has 2 N–H and O–H groups in total. The second-order valence-corrected chi connectivity index (χ2v) is 0.683. The molecule has 0 saturated heterocycles. The Morgan fingerprint density at radius 1 is 1.43 bits per heavy atom. The van der Waals surface area contributed by atoms with Crippen LogP contribution in [0.15, 0.2) is 0 Å². The van der Waals surface area contributed by atoms with E-state index in [2.05, 4.69) is 0 Å². The van der Waals surface area contributed by atoms with Gasteiger partial charge in [-0.15, -0.1) is 0 Å². The topological polar surface area (TPSA) is 57.5 Å². The van der Waals surface area contributed by atoms with Crippen LogP contribution in [0.2, 0.25) is 0 Å². The van der Waals surface area contributed by atoms with Gasteiger partial charge in [-0.2, -0.15) is 0 Å². The SMILES string of the molecule is CC=O.OCCO. The quantitative estimate of drug-likeness (QED) is 0.429. The minimum Gasteiger partial charge on any atom is -0.394 e. The van der Waals surface area contributed by atoms with Crippen LogP contribution in [-0.4, -0.2) is 29.7 Å². The van der Waals surface area contributed by atoms with Gasteiger partial charge in [0.2, 0.25) is 0 Å². The lowest BCUT2D eigenvalue weighted by molar-refractivity contribution is -0.106. The van der Waals surface area contributed by atoms with Gasteiger partial charge in [-0.1, -0.05) is 0 Å². The molecular weight excluding hydrogens is 96.0 g/mol. The first-order valence-corrected chi connectivity index (χ1v) is 1.95. The molecule has 0 atom stereocenters. The molecule has 0 aliphatic carbocycles. The molecule has 0 rings (SSSR count). The van der Waals surface area contributed by atoms with Crippen LogP contribution in [0.3, 0.4) is 0 Å². The molecule has 0 heterocycles. The molecule has 0 saturated carbocycles. The number of aliphatic hydroxyl groups excluding tert-OH is 2. The Kier molecular flexibility index (Phi) is 24.5. The molecule has 44 valence electrons. The summed E-state index contributed by atoms with van der Waals surface area (Å²) in [6.07, 6.45) is 0.750. The monoisotopic (exact) mass is 106 g/mol. The molecule has 0 aromatic carbocycles. The predicted octanol–water partition coefficient (Wildman–Crippen LogP) is -0.824. The number of carbonyl (C=O) groups excluding carboxylic acids is 1. The van der Waals surface area contributed by atoms with Crippen molar-refractivity contribution in [2.45, 2.75) is 6.92 Å². The van der Waals surface area contributed by atoms with Crippen LogP contribution in [0, 0.1) is 0 Å². The van der Waals surface area contributed by atoms with Crippen molar-refractivity contribution in [3.63, 3.8) is 0 Å². The summed E-state index contributed by atoms with van der Waals surface area (Å²) in [6, 6.07) is 0. The van der Waals surface area contributed by atoms with Gasteiger partial charge in [0.25, 0.3) is 0 Å². The standard InChI is InChI=1S/C2H6O2.C2H4O/c3-1-2-4;1-2-3/h3-4H,1-2H2;2H,1H3. The molecule has 0 spiro atoms. The summed E-state index contributed by atoms with van der Waals surface area (Å²) < 4.78 is 0. The van der Waals surface area contributed by atoms with E-state index in [9.17, 15) is 0 Å². The van der Waals surface area contributed by atoms with Crippen molar-refractivity contribution in [1.82, 2.24) is 0 Å². The maximum absolute atomic E-state index is 8.81. The van der Waals surface area contributed by atoms with E-state index in [4.69, 9.17) is 15.0 Å².